The number of carbonyl (C=O) groups is 2. The Hall–Kier alpha value is -4.68. The molecule has 2 heterocycles. The molecule has 0 aliphatic heterocycles. The Labute approximate surface area is 274 Å². The molecule has 0 unspecified atom stereocenters. The Morgan fingerprint density at radius 1 is 0.804 bits per heavy atom. The molecular weight excluding hydrogens is 629 g/mol. The van der Waals surface area contributed by atoms with E-state index >= 15 is 0 Å². The molecule has 0 spiro atoms. The lowest BCUT2D eigenvalue weighted by molar-refractivity contribution is -0.140. The van der Waals surface area contributed by atoms with Crippen LogP contribution in [0, 0.1) is 6.92 Å². The first-order valence-corrected chi connectivity index (χ1v) is 16.4. The Balaban J connectivity index is 1.09. The molecule has 0 radical (unpaired) electrons. The molecule has 238 valence electrons. The van der Waals surface area contributed by atoms with Gasteiger partial charge in [0.15, 0.2) is 19.1 Å². The van der Waals surface area contributed by atoms with E-state index in [-0.39, 0.29) is 13.2 Å². The second kappa shape index (κ2) is 16.1. The zero-order chi connectivity index (χ0) is 32.3. The first kappa shape index (κ1) is 32.7. The van der Waals surface area contributed by atoms with Gasteiger partial charge in [0.25, 0.3) is 0 Å². The van der Waals surface area contributed by atoms with Gasteiger partial charge in [-0.1, -0.05) is 12.1 Å². The molecule has 0 aliphatic carbocycles. The van der Waals surface area contributed by atoms with E-state index in [0.29, 0.717) is 29.7 Å². The van der Waals surface area contributed by atoms with E-state index in [4.69, 9.17) is 33.5 Å². The van der Waals surface area contributed by atoms with E-state index in [1.807, 2.05) is 55.5 Å². The second-order valence-electron chi connectivity index (χ2n) is 10.1. The standard InChI is InChI=1S/C34H32N2O8S2/c1-22-30(14-16-46-29-11-7-27(8-12-29)42-21-33(39)40)36-34(44-22)24-4-2-3-23(17-24)18-31-35-25(19-43-31)13-15-45-28-9-5-26(6-10-28)41-20-32(37)38/h2-12,17,19H,13-16,18,20-21H2,1H3,(H,37,38)(H,39,40). The van der Waals surface area contributed by atoms with E-state index < -0.39 is 11.9 Å². The van der Waals surface area contributed by atoms with Crippen molar-refractivity contribution in [2.75, 3.05) is 24.7 Å². The van der Waals surface area contributed by atoms with Crippen LogP contribution in [0.4, 0.5) is 0 Å². The van der Waals surface area contributed by atoms with Crippen molar-refractivity contribution in [2.45, 2.75) is 36.0 Å². The van der Waals surface area contributed by atoms with Gasteiger partial charge in [-0.15, -0.1) is 23.5 Å². The summed E-state index contributed by atoms with van der Waals surface area (Å²) >= 11 is 3.36. The number of benzene rings is 3. The van der Waals surface area contributed by atoms with Gasteiger partial charge >= 0.3 is 11.9 Å². The van der Waals surface area contributed by atoms with Crippen LogP contribution in [-0.2, 0) is 28.9 Å². The van der Waals surface area contributed by atoms with Gasteiger partial charge in [-0.2, -0.15) is 0 Å². The van der Waals surface area contributed by atoms with Gasteiger partial charge < -0.3 is 28.5 Å². The van der Waals surface area contributed by atoms with Crippen molar-refractivity contribution < 1.29 is 38.1 Å². The number of aryl methyl sites for hydroxylation is 3. The van der Waals surface area contributed by atoms with Crippen molar-refractivity contribution in [1.82, 2.24) is 9.97 Å². The minimum absolute atomic E-state index is 0.360. The minimum atomic E-state index is -1.01. The molecule has 0 fully saturated rings. The van der Waals surface area contributed by atoms with Crippen LogP contribution >= 0.6 is 23.5 Å². The van der Waals surface area contributed by atoms with Crippen LogP contribution in [0.1, 0.15) is 28.6 Å². The summed E-state index contributed by atoms with van der Waals surface area (Å²) in [4.78, 5) is 32.8. The molecule has 0 amide bonds. The maximum absolute atomic E-state index is 10.7. The monoisotopic (exact) mass is 660 g/mol. The third-order valence-corrected chi connectivity index (χ3v) is 8.66. The zero-order valence-corrected chi connectivity index (χ0v) is 26.6. The van der Waals surface area contributed by atoms with Gasteiger partial charge in [0.05, 0.1) is 11.4 Å². The Morgan fingerprint density at radius 2 is 1.41 bits per heavy atom. The number of thioether (sulfide) groups is 2. The number of aliphatic carboxylic acids is 2. The van der Waals surface area contributed by atoms with E-state index in [1.54, 1.807) is 54.1 Å². The number of oxazole rings is 2. The summed E-state index contributed by atoms with van der Waals surface area (Å²) < 4.78 is 22.1. The highest BCUT2D eigenvalue weighted by molar-refractivity contribution is 7.99. The highest BCUT2D eigenvalue weighted by Crippen LogP contribution is 2.27. The van der Waals surface area contributed by atoms with Crippen LogP contribution < -0.4 is 9.47 Å². The number of aromatic nitrogens is 2. The summed E-state index contributed by atoms with van der Waals surface area (Å²) in [5, 5.41) is 17.5. The minimum Gasteiger partial charge on any atom is -0.482 e. The maximum Gasteiger partial charge on any atom is 0.341 e. The van der Waals surface area contributed by atoms with E-state index in [9.17, 15) is 9.59 Å². The van der Waals surface area contributed by atoms with E-state index in [2.05, 4.69) is 4.98 Å². The number of ether oxygens (including phenoxy) is 2. The highest BCUT2D eigenvalue weighted by atomic mass is 32.2. The quantitative estimate of drug-likeness (QED) is 0.101. The summed E-state index contributed by atoms with van der Waals surface area (Å²) in [6.45, 7) is 1.20. The van der Waals surface area contributed by atoms with Gasteiger partial charge in [-0.25, -0.2) is 19.6 Å². The summed E-state index contributed by atoms with van der Waals surface area (Å²) in [6.07, 6.45) is 3.73. The summed E-state index contributed by atoms with van der Waals surface area (Å²) in [5.74, 6) is 2.66. The first-order chi connectivity index (χ1) is 22.3. The van der Waals surface area contributed by atoms with Crippen LogP contribution in [0.15, 0.2) is 97.7 Å². The number of nitrogens with zero attached hydrogens (tertiary/aromatic N) is 2. The molecule has 0 atom stereocenters. The molecule has 46 heavy (non-hydrogen) atoms. The third kappa shape index (κ3) is 9.91. The average Bonchev–Trinajstić information content (AvgIpc) is 3.66. The lowest BCUT2D eigenvalue weighted by Gasteiger charge is -2.04. The fourth-order valence-electron chi connectivity index (χ4n) is 4.41. The fourth-order valence-corrected chi connectivity index (χ4v) is 6.15. The molecule has 0 aliphatic rings. The van der Waals surface area contributed by atoms with Gasteiger partial charge in [0.1, 0.15) is 23.5 Å². The molecule has 12 heteroatoms. The predicted molar refractivity (Wildman–Crippen MR) is 174 cm³/mol. The van der Waals surface area contributed by atoms with E-state index in [1.165, 1.54) is 0 Å². The summed E-state index contributed by atoms with van der Waals surface area (Å²) in [6, 6.07) is 22.7. The molecule has 10 nitrogen and oxygen atoms in total. The molecule has 2 N–H and O–H groups in total. The molecule has 5 rings (SSSR count). The third-order valence-electron chi connectivity index (χ3n) is 6.63. The normalized spacial score (nSPS) is 11.0. The number of hydrogen-bond donors (Lipinski definition) is 2. The van der Waals surface area contributed by atoms with Gasteiger partial charge in [0, 0.05) is 46.1 Å². The highest BCUT2D eigenvalue weighted by Gasteiger charge is 2.13. The maximum atomic E-state index is 10.7. The first-order valence-electron chi connectivity index (χ1n) is 14.4. The van der Waals surface area contributed by atoms with Crippen LogP contribution in [0.5, 0.6) is 11.5 Å². The number of rotatable bonds is 17. The van der Waals surface area contributed by atoms with Crippen LogP contribution in [0.25, 0.3) is 11.5 Å². The largest absolute Gasteiger partial charge is 0.482 e. The van der Waals surface area contributed by atoms with Crippen LogP contribution in [0.2, 0.25) is 0 Å². The molecule has 0 saturated heterocycles. The lowest BCUT2D eigenvalue weighted by Crippen LogP contribution is -2.09. The van der Waals surface area contributed by atoms with Crippen molar-refractivity contribution in [2.24, 2.45) is 0 Å². The van der Waals surface area contributed by atoms with Crippen LogP contribution in [0.3, 0.4) is 0 Å². The topological polar surface area (TPSA) is 145 Å². The molecular formula is C34H32N2O8S2. The summed E-state index contributed by atoms with van der Waals surface area (Å²) in [5.41, 5.74) is 3.72. The predicted octanol–water partition coefficient (Wildman–Crippen LogP) is 6.83. The van der Waals surface area contributed by atoms with Crippen molar-refractivity contribution in [3.8, 4) is 23.0 Å². The van der Waals surface area contributed by atoms with Gasteiger partial charge in [-0.05, 0) is 73.2 Å². The number of carboxylic acids is 2. The number of hydrogen-bond acceptors (Lipinski definition) is 10. The van der Waals surface area contributed by atoms with Gasteiger partial charge in [-0.3, -0.25) is 0 Å². The van der Waals surface area contributed by atoms with Crippen LogP contribution in [-0.4, -0.2) is 56.8 Å². The molecule has 0 bridgehead atoms. The number of carboxylic acid groups (broad SMARTS) is 2. The van der Waals surface area contributed by atoms with Crippen molar-refractivity contribution in [1.29, 1.82) is 0 Å². The molecule has 2 aromatic heterocycles. The zero-order valence-electron chi connectivity index (χ0n) is 25.0. The Morgan fingerprint density at radius 3 is 2.02 bits per heavy atom. The summed E-state index contributed by atoms with van der Waals surface area (Å²) in [7, 11) is 0. The average molecular weight is 661 g/mol. The van der Waals surface area contributed by atoms with Crippen molar-refractivity contribution in [3.63, 3.8) is 0 Å². The molecule has 3 aromatic carbocycles. The van der Waals surface area contributed by atoms with Gasteiger partial charge in [0.2, 0.25) is 5.89 Å². The molecule has 0 saturated carbocycles. The van der Waals surface area contributed by atoms with Crippen molar-refractivity contribution >= 4 is 35.5 Å². The second-order valence-corrected chi connectivity index (χ2v) is 12.5. The van der Waals surface area contributed by atoms with E-state index in [0.717, 1.165) is 62.4 Å². The lowest BCUT2D eigenvalue weighted by atomic mass is 10.1. The smallest absolute Gasteiger partial charge is 0.341 e. The Kier molecular flexibility index (Phi) is 11.4. The fraction of sp³-hybridized carbons (Fsp3) is 0.235. The molecule has 5 aromatic rings. The van der Waals surface area contributed by atoms with Crippen molar-refractivity contribution in [3.05, 3.63) is 108 Å². The Bertz CT molecular complexity index is 1750. The SMILES string of the molecule is Cc1oc(-c2cccc(Cc3nc(CCSc4ccc(OCC(=O)O)cc4)co3)c2)nc1CCSc1ccc(OCC(=O)O)cc1.